The molecule has 0 fully saturated rings. The highest BCUT2D eigenvalue weighted by Crippen LogP contribution is 2.11. The molecule has 0 unspecified atom stereocenters. The molecule has 0 aliphatic carbocycles. The molecule has 1 rings (SSSR count). The predicted octanol–water partition coefficient (Wildman–Crippen LogP) is 2.04. The third-order valence-corrected chi connectivity index (χ3v) is 2.23. The molecule has 0 aliphatic heterocycles. The molecule has 0 radical (unpaired) electrons. The van der Waals surface area contributed by atoms with Crippen molar-refractivity contribution in [3.8, 4) is 0 Å². The van der Waals surface area contributed by atoms with Crippen molar-refractivity contribution in [1.82, 2.24) is 0 Å². The second-order valence-electron chi connectivity index (χ2n) is 2.69. The van der Waals surface area contributed by atoms with Gasteiger partial charge in [-0.2, -0.15) is 0 Å². The lowest BCUT2D eigenvalue weighted by Crippen LogP contribution is -2.19. The Morgan fingerprint density at radius 3 is 2.53 bits per heavy atom. The molecule has 0 heterocycles. The lowest BCUT2D eigenvalue weighted by molar-refractivity contribution is -0.151. The van der Waals surface area contributed by atoms with E-state index in [1.54, 1.807) is 31.2 Å². The molecule has 4 nitrogen and oxygen atoms in total. The fourth-order valence-corrected chi connectivity index (χ4v) is 1.30. The highest BCUT2D eigenvalue weighted by molar-refractivity contribution is 9.10. The third kappa shape index (κ3) is 3.01. The molecule has 0 atom stereocenters. The zero-order valence-electron chi connectivity index (χ0n) is 8.16. The highest BCUT2D eigenvalue weighted by Gasteiger charge is 2.26. The Kier molecular flexibility index (Phi) is 4.21. The van der Waals surface area contributed by atoms with Gasteiger partial charge in [0.1, 0.15) is 0 Å². The molecule has 1 aromatic rings. The summed E-state index contributed by atoms with van der Waals surface area (Å²) in [6, 6.07) is 6.96. The van der Waals surface area contributed by atoms with Crippen molar-refractivity contribution in [2.24, 2.45) is 0 Å². The van der Waals surface area contributed by atoms with Gasteiger partial charge in [0.05, 0.1) is 22.5 Å². The van der Waals surface area contributed by atoms with Crippen LogP contribution in [0, 0.1) is 5.53 Å². The van der Waals surface area contributed by atoms with Gasteiger partial charge < -0.3 is 4.74 Å². The maximum absolute atomic E-state index is 11.4. The van der Waals surface area contributed by atoms with Gasteiger partial charge in [-0.15, -0.1) is 0 Å². The van der Waals surface area contributed by atoms with Crippen molar-refractivity contribution < 1.29 is 14.3 Å². The molecule has 15 heavy (non-hydrogen) atoms. The molecule has 0 aliphatic rings. The summed E-state index contributed by atoms with van der Waals surface area (Å²) in [5, 5.41) is 0. The van der Waals surface area contributed by atoms with Gasteiger partial charge in [0.2, 0.25) is 0 Å². The summed E-state index contributed by atoms with van der Waals surface area (Å²) in [7, 11) is 0. The summed E-state index contributed by atoms with van der Waals surface area (Å²) >= 11 is 3.28. The molecule has 0 bridgehead atoms. The number of ether oxygens (including phenoxy) is 1. The predicted molar refractivity (Wildman–Crippen MR) is 57.9 cm³/mol. The number of carbonyl (C=O) groups is 1. The topological polar surface area (TPSA) is 64.2 Å². The zero-order valence-corrected chi connectivity index (χ0v) is 9.74. The average Bonchev–Trinajstić information content (AvgIpc) is 2.22. The normalized spacial score (nSPS) is 9.20. The van der Waals surface area contributed by atoms with E-state index in [2.05, 4.69) is 20.7 Å². The van der Waals surface area contributed by atoms with Gasteiger partial charge in [-0.3, -0.25) is 0 Å². The monoisotopic (exact) mass is 269 g/mol. The Bertz CT molecular complexity index is 408. The zero-order chi connectivity index (χ0) is 11.3. The van der Waals surface area contributed by atoms with Crippen LogP contribution >= 0.6 is 15.9 Å². The maximum atomic E-state index is 11.4. The molecule has 0 amide bonds. The van der Waals surface area contributed by atoms with Crippen LogP contribution in [0.15, 0.2) is 28.7 Å². The first-order valence-corrected chi connectivity index (χ1v) is 5.15. The number of benzene rings is 1. The van der Waals surface area contributed by atoms with E-state index >= 15 is 0 Å². The molecule has 0 aromatic heterocycles. The van der Waals surface area contributed by atoms with Crippen LogP contribution < -0.4 is 0 Å². The van der Waals surface area contributed by atoms with Crippen LogP contribution in [0.2, 0.25) is 0 Å². The van der Waals surface area contributed by atoms with Crippen molar-refractivity contribution in [1.29, 1.82) is 5.53 Å². The Balaban J connectivity index is 2.99. The Morgan fingerprint density at radius 1 is 1.47 bits per heavy atom. The van der Waals surface area contributed by atoms with E-state index in [0.717, 1.165) is 4.47 Å². The Morgan fingerprint density at radius 2 is 2.07 bits per heavy atom. The summed E-state index contributed by atoms with van der Waals surface area (Å²) in [6.45, 7) is 1.98. The Labute approximate surface area is 95.6 Å². The molecule has 1 aromatic carbocycles. The molecule has 0 saturated heterocycles. The second kappa shape index (κ2) is 5.44. The number of halogens is 1. The number of rotatable bonds is 3. The first-order chi connectivity index (χ1) is 7.19. The van der Waals surface area contributed by atoms with Gasteiger partial charge in [0.25, 0.3) is 0 Å². The second-order valence-corrected chi connectivity index (χ2v) is 3.60. The summed E-state index contributed by atoms with van der Waals surface area (Å²) in [4.78, 5) is 14.6. The number of nitrogens with zero attached hydrogens (tertiary/aromatic N) is 1. The summed E-state index contributed by atoms with van der Waals surface area (Å²) in [5.41, 5.74) is 7.53. The van der Waals surface area contributed by atoms with Gasteiger partial charge >= 0.3 is 11.7 Å². The number of nitrogens with one attached hydrogen (secondary N) is 1. The van der Waals surface area contributed by atoms with Crippen molar-refractivity contribution in [3.05, 3.63) is 34.3 Å². The van der Waals surface area contributed by atoms with Crippen LogP contribution in [-0.4, -0.2) is 23.1 Å². The van der Waals surface area contributed by atoms with Crippen LogP contribution in [0.3, 0.4) is 0 Å². The van der Waals surface area contributed by atoms with Crippen molar-refractivity contribution in [3.63, 3.8) is 0 Å². The van der Waals surface area contributed by atoms with Crippen molar-refractivity contribution in [2.45, 2.75) is 6.92 Å². The van der Waals surface area contributed by atoms with Crippen molar-refractivity contribution >= 4 is 27.6 Å². The van der Waals surface area contributed by atoms with E-state index in [9.17, 15) is 4.79 Å². The Hall–Kier alpha value is -1.45. The van der Waals surface area contributed by atoms with Crippen LogP contribution in [0.1, 0.15) is 12.5 Å². The van der Waals surface area contributed by atoms with Gasteiger partial charge in [-0.25, -0.2) is 4.79 Å². The third-order valence-electron chi connectivity index (χ3n) is 1.70. The summed E-state index contributed by atoms with van der Waals surface area (Å²) < 4.78 is 5.68. The summed E-state index contributed by atoms with van der Waals surface area (Å²) in [5.74, 6) is -0.574. The van der Waals surface area contributed by atoms with E-state index in [1.165, 1.54) is 0 Å². The van der Waals surface area contributed by atoms with E-state index in [-0.39, 0.29) is 12.3 Å². The molecule has 5 heteroatoms. The molecular weight excluding hydrogens is 260 g/mol. The highest BCUT2D eigenvalue weighted by atomic mass is 79.9. The number of carbonyl (C=O) groups excluding carboxylic acids is 1. The van der Waals surface area contributed by atoms with E-state index in [4.69, 9.17) is 10.3 Å². The first-order valence-electron chi connectivity index (χ1n) is 4.36. The summed E-state index contributed by atoms with van der Waals surface area (Å²) in [6.07, 6.45) is 0. The molecule has 1 N–H and O–H groups in total. The molecule has 0 saturated carbocycles. The van der Waals surface area contributed by atoms with Crippen LogP contribution in [-0.2, 0) is 9.53 Å². The minimum atomic E-state index is -0.574. The number of hydrogen-bond acceptors (Lipinski definition) is 3. The number of hydrogen-bond donors (Lipinski definition) is 1. The van der Waals surface area contributed by atoms with E-state index in [0.29, 0.717) is 5.56 Å². The van der Waals surface area contributed by atoms with E-state index < -0.39 is 5.97 Å². The minimum absolute atomic E-state index is 0.0179. The smallest absolute Gasteiger partial charge is 0.455 e. The quantitative estimate of drug-likeness (QED) is 0.395. The van der Waals surface area contributed by atoms with Gasteiger partial charge in [0.15, 0.2) is 0 Å². The van der Waals surface area contributed by atoms with Crippen LogP contribution in [0.5, 0.6) is 0 Å². The lowest BCUT2D eigenvalue weighted by atomic mass is 10.1. The van der Waals surface area contributed by atoms with Crippen LogP contribution in [0.4, 0.5) is 0 Å². The number of esters is 1. The average molecular weight is 270 g/mol. The minimum Gasteiger partial charge on any atom is -0.457 e. The van der Waals surface area contributed by atoms with Crippen LogP contribution in [0.25, 0.3) is 0 Å². The fourth-order valence-electron chi connectivity index (χ4n) is 1.04. The first kappa shape index (κ1) is 11.6. The molecular formula is C10H10BrN2O2+. The van der Waals surface area contributed by atoms with Gasteiger partial charge in [-0.1, -0.05) is 15.9 Å². The van der Waals surface area contributed by atoms with Crippen molar-refractivity contribution in [2.75, 3.05) is 6.61 Å². The fraction of sp³-hybridized carbons (Fsp3) is 0.200. The van der Waals surface area contributed by atoms with Gasteiger partial charge in [-0.05, 0) is 31.2 Å². The maximum Gasteiger partial charge on any atom is 0.455 e. The lowest BCUT2D eigenvalue weighted by Gasteiger charge is -1.96. The van der Waals surface area contributed by atoms with Gasteiger partial charge in [0, 0.05) is 4.47 Å². The SMILES string of the molecule is CCOC(=O)C(=[N+]=N)c1ccc(Br)cc1. The standard InChI is InChI=1S/C10H10BrN2O2/c1-2-15-10(14)9(13-12)7-3-5-8(11)6-4-7/h3-6,12H,2H2,1H3/q+1. The largest absolute Gasteiger partial charge is 0.457 e. The molecule has 0 spiro atoms. The molecule has 78 valence electrons. The van der Waals surface area contributed by atoms with E-state index in [1.807, 2.05) is 0 Å².